The lowest BCUT2D eigenvalue weighted by Gasteiger charge is -2.27. The Bertz CT molecular complexity index is 1620. The Morgan fingerprint density at radius 1 is 1.11 bits per heavy atom. The number of rotatable bonds is 9. The summed E-state index contributed by atoms with van der Waals surface area (Å²) in [6.45, 7) is 1.38. The number of nitrogens with zero attached hydrogens (tertiary/aromatic N) is 3. The van der Waals surface area contributed by atoms with Crippen LogP contribution < -0.4 is 11.3 Å². The summed E-state index contributed by atoms with van der Waals surface area (Å²) in [6.07, 6.45) is 14.6. The highest BCUT2D eigenvalue weighted by Gasteiger charge is 2.32. The van der Waals surface area contributed by atoms with Gasteiger partial charge in [-0.25, -0.2) is 13.2 Å². The molecule has 1 heterocycles. The number of aromatic nitrogens is 1. The van der Waals surface area contributed by atoms with Crippen LogP contribution in [0.5, 0.6) is 0 Å². The molecule has 0 spiro atoms. The molecule has 2 aliphatic carbocycles. The Hall–Kier alpha value is -4.97. The van der Waals surface area contributed by atoms with Crippen LogP contribution in [0, 0.1) is 5.82 Å². The predicted molar refractivity (Wildman–Crippen MR) is 172 cm³/mol. The Balaban J connectivity index is 0.00000294. The summed E-state index contributed by atoms with van der Waals surface area (Å²) in [5.41, 5.74) is 1.01. The molecule has 3 N–H and O–H groups in total. The lowest BCUT2D eigenvalue weighted by molar-refractivity contribution is -0.130. The maximum Gasteiger partial charge on any atom is 0.272 e. The minimum atomic E-state index is -0.794. The fourth-order valence-electron chi connectivity index (χ4n) is 5.36. The Morgan fingerprint density at radius 2 is 1.87 bits per heavy atom. The van der Waals surface area contributed by atoms with E-state index in [1.54, 1.807) is 24.5 Å². The molecule has 4 rings (SSSR count). The van der Waals surface area contributed by atoms with Crippen LogP contribution in [0.15, 0.2) is 113 Å². The second kappa shape index (κ2) is 17.7. The summed E-state index contributed by atoms with van der Waals surface area (Å²) >= 11 is 0. The zero-order chi connectivity index (χ0) is 34.4. The van der Waals surface area contributed by atoms with Crippen molar-refractivity contribution in [3.63, 3.8) is 0 Å². The molecule has 1 aromatic heterocycles. The number of aldehydes is 1. The summed E-state index contributed by atoms with van der Waals surface area (Å²) in [6, 6.07) is 8.87. The average Bonchev–Trinajstić information content (AvgIpc) is 3.17. The third-order valence-electron chi connectivity index (χ3n) is 7.60. The molecule has 8 nitrogen and oxygen atoms in total. The molecule has 0 radical (unpaired) electrons. The van der Waals surface area contributed by atoms with Crippen LogP contribution in [-0.2, 0) is 19.8 Å². The van der Waals surface area contributed by atoms with E-state index in [0.717, 1.165) is 34.5 Å². The molecule has 0 saturated heterocycles. The van der Waals surface area contributed by atoms with E-state index in [1.165, 1.54) is 31.3 Å². The SMILES string of the molecule is C/C1=C\C(NC(=O)CN(C)C(=O)C(=NCC2=CC(F)=CC(F)=CC2)c2ccccc2F)C/C=C/C[C@](C=O)(c2cccnc2)C1.NF. The standard InChI is InChI=1S/C35H35F3N4O3.FH2N/c1-24-16-29(9-5-6-14-35(19-24,23-43)26-8-7-15-39-21-26)41-32(44)22-42(2)34(45)33(30-10-3-4-11-31(30)38)40-20-25-12-13-27(36)18-28(37)17-25;1-2/h3-8,10-11,13,15-18,21,23,29H,9,12,14,19-20,22H2,1-2H3,(H,41,44);2H2/b6-5+,24-16+,40-33?;/t29?,35-;/m0./s1. The van der Waals surface area contributed by atoms with Gasteiger partial charge < -0.3 is 15.0 Å². The molecule has 47 heavy (non-hydrogen) atoms. The number of carbonyl (C=O) groups is 3. The van der Waals surface area contributed by atoms with Crippen molar-refractivity contribution in [2.45, 2.75) is 44.1 Å². The van der Waals surface area contributed by atoms with Gasteiger partial charge in [-0.15, -0.1) is 4.48 Å². The smallest absolute Gasteiger partial charge is 0.272 e. The fraction of sp³-hybridized carbons (Fsp3) is 0.286. The van der Waals surface area contributed by atoms with Crippen LogP contribution in [0.25, 0.3) is 0 Å². The topological polar surface area (TPSA) is 118 Å². The van der Waals surface area contributed by atoms with E-state index in [0.29, 0.717) is 24.8 Å². The van der Waals surface area contributed by atoms with Gasteiger partial charge in [-0.05, 0) is 74.1 Å². The third kappa shape index (κ3) is 10.3. The number of pyridine rings is 1. The highest BCUT2D eigenvalue weighted by Crippen LogP contribution is 2.34. The van der Waals surface area contributed by atoms with Crippen molar-refractivity contribution in [1.82, 2.24) is 15.2 Å². The summed E-state index contributed by atoms with van der Waals surface area (Å²) in [4.78, 5) is 48.6. The first-order valence-corrected chi connectivity index (χ1v) is 14.8. The maximum atomic E-state index is 14.8. The first-order valence-electron chi connectivity index (χ1n) is 14.8. The van der Waals surface area contributed by atoms with Crippen LogP contribution >= 0.6 is 0 Å². The lowest BCUT2D eigenvalue weighted by Crippen LogP contribution is -2.44. The van der Waals surface area contributed by atoms with E-state index < -0.39 is 40.7 Å². The predicted octanol–water partition coefficient (Wildman–Crippen LogP) is 5.64. The number of nitrogens with one attached hydrogen (secondary N) is 1. The van der Waals surface area contributed by atoms with Crippen molar-refractivity contribution in [1.29, 1.82) is 0 Å². The zero-order valence-corrected chi connectivity index (χ0v) is 26.1. The quantitative estimate of drug-likeness (QED) is 0.120. The van der Waals surface area contributed by atoms with Crippen LogP contribution in [0.2, 0.25) is 0 Å². The number of likely N-dealkylation sites (N-methyl/N-ethyl adjacent to an activating group) is 1. The molecule has 2 amide bonds. The van der Waals surface area contributed by atoms with Gasteiger partial charge in [0.05, 0.1) is 24.5 Å². The fourth-order valence-corrected chi connectivity index (χ4v) is 5.36. The number of benzene rings is 1. The van der Waals surface area contributed by atoms with Crippen LogP contribution in [-0.4, -0.2) is 59.9 Å². The Kier molecular flexibility index (Phi) is 13.7. The second-order valence-electron chi connectivity index (χ2n) is 11.2. The third-order valence-corrected chi connectivity index (χ3v) is 7.60. The van der Waals surface area contributed by atoms with E-state index >= 15 is 0 Å². The van der Waals surface area contributed by atoms with E-state index in [2.05, 4.69) is 21.2 Å². The van der Waals surface area contributed by atoms with Gasteiger partial charge in [-0.3, -0.25) is 19.6 Å². The zero-order valence-electron chi connectivity index (χ0n) is 26.1. The lowest BCUT2D eigenvalue weighted by atomic mass is 9.75. The van der Waals surface area contributed by atoms with Gasteiger partial charge in [0.25, 0.3) is 5.91 Å². The van der Waals surface area contributed by atoms with E-state index in [9.17, 15) is 27.6 Å². The summed E-state index contributed by atoms with van der Waals surface area (Å²) in [5, 5.41) is 2.93. The largest absolute Gasteiger partial charge is 0.348 e. The average molecular weight is 652 g/mol. The molecule has 0 bridgehead atoms. The molecule has 1 unspecified atom stereocenters. The number of carbonyl (C=O) groups excluding carboxylic acids is 3. The first-order chi connectivity index (χ1) is 22.6. The summed E-state index contributed by atoms with van der Waals surface area (Å²) in [7, 11) is 1.40. The highest BCUT2D eigenvalue weighted by molar-refractivity contribution is 6.45. The number of hydrogen-bond donors (Lipinski definition) is 2. The van der Waals surface area contributed by atoms with Gasteiger partial charge in [0.2, 0.25) is 5.91 Å². The molecule has 248 valence electrons. The molecule has 2 aliphatic rings. The van der Waals surface area contributed by atoms with Gasteiger partial charge in [-0.1, -0.05) is 42.0 Å². The van der Waals surface area contributed by atoms with Gasteiger partial charge >= 0.3 is 0 Å². The highest BCUT2D eigenvalue weighted by atomic mass is 19.2. The maximum absolute atomic E-state index is 14.8. The number of allylic oxidation sites excluding steroid dienone is 7. The molecule has 0 saturated carbocycles. The van der Waals surface area contributed by atoms with E-state index in [-0.39, 0.29) is 30.8 Å². The molecule has 0 fully saturated rings. The van der Waals surface area contributed by atoms with E-state index in [1.807, 2.05) is 31.2 Å². The van der Waals surface area contributed by atoms with E-state index in [4.69, 9.17) is 4.48 Å². The van der Waals surface area contributed by atoms with Crippen molar-refractivity contribution in [3.05, 3.63) is 125 Å². The monoisotopic (exact) mass is 651 g/mol. The van der Waals surface area contributed by atoms with Crippen molar-refractivity contribution in [3.8, 4) is 0 Å². The second-order valence-corrected chi connectivity index (χ2v) is 11.2. The molecule has 1 aromatic carbocycles. The number of aliphatic imine (C=N–C) groups is 1. The van der Waals surface area contributed by atoms with Crippen molar-refractivity contribution in [2.24, 2.45) is 10.9 Å². The van der Waals surface area contributed by atoms with Crippen molar-refractivity contribution < 1.29 is 32.0 Å². The molecular weight excluding hydrogens is 614 g/mol. The number of halogens is 4. The first kappa shape index (κ1) is 36.5. The molecular formula is C35H37F4N5O3. The van der Waals surface area contributed by atoms with Gasteiger partial charge in [0, 0.05) is 31.1 Å². The van der Waals surface area contributed by atoms with Crippen molar-refractivity contribution in [2.75, 3.05) is 20.1 Å². The van der Waals surface area contributed by atoms with Gasteiger partial charge in [0.1, 0.15) is 29.5 Å². The summed E-state index contributed by atoms with van der Waals surface area (Å²) in [5.74, 6) is -0.373. The normalized spacial score (nSPS) is 21.7. The number of nitrogens with two attached hydrogens (primary N) is 1. The molecule has 2 atom stereocenters. The van der Waals surface area contributed by atoms with Crippen LogP contribution in [0.4, 0.5) is 17.7 Å². The molecule has 0 aliphatic heterocycles. The molecule has 2 aromatic rings. The summed E-state index contributed by atoms with van der Waals surface area (Å²) < 4.78 is 51.4. The Morgan fingerprint density at radius 3 is 2.57 bits per heavy atom. The minimum absolute atomic E-state index is 0.0647. The number of hydrogen-bond acceptors (Lipinski definition) is 6. The Labute approximate surface area is 271 Å². The van der Waals surface area contributed by atoms with Crippen LogP contribution in [0.1, 0.15) is 43.7 Å². The van der Waals surface area contributed by atoms with Crippen LogP contribution in [0.3, 0.4) is 0 Å². The van der Waals surface area contributed by atoms with Gasteiger partial charge in [0.15, 0.2) is 0 Å². The van der Waals surface area contributed by atoms with Crippen molar-refractivity contribution >= 4 is 23.8 Å². The minimum Gasteiger partial charge on any atom is -0.348 e. The number of amides is 2. The molecule has 12 heteroatoms. The van der Waals surface area contributed by atoms with Gasteiger partial charge in [-0.2, -0.15) is 5.96 Å².